The maximum atomic E-state index is 13.0. The van der Waals surface area contributed by atoms with Crippen LogP contribution in [0.25, 0.3) is 0 Å². The van der Waals surface area contributed by atoms with Crippen LogP contribution in [0, 0.1) is 5.92 Å². The molecule has 0 radical (unpaired) electrons. The van der Waals surface area contributed by atoms with Gasteiger partial charge in [0.15, 0.2) is 18.1 Å². The lowest BCUT2D eigenvalue weighted by Gasteiger charge is -2.24. The molecule has 5 rings (SSSR count). The highest BCUT2D eigenvalue weighted by Crippen LogP contribution is 2.56. The third kappa shape index (κ3) is 5.04. The molecular formula is C30H30O9. The Hall–Kier alpha value is -4.40. The van der Waals surface area contributed by atoms with Crippen molar-refractivity contribution in [2.24, 2.45) is 5.92 Å². The summed E-state index contributed by atoms with van der Waals surface area (Å²) >= 11 is 0. The second-order valence-electron chi connectivity index (χ2n) is 9.34. The van der Waals surface area contributed by atoms with Gasteiger partial charge in [-0.25, -0.2) is 4.79 Å². The molecule has 39 heavy (non-hydrogen) atoms. The molecule has 3 atom stereocenters. The Bertz CT molecular complexity index is 1380. The Balaban J connectivity index is 1.67. The van der Waals surface area contributed by atoms with Crippen molar-refractivity contribution in [1.82, 2.24) is 0 Å². The molecule has 0 bridgehead atoms. The minimum Gasteiger partial charge on any atom is -0.497 e. The molecule has 0 amide bonds. The van der Waals surface area contributed by atoms with Crippen LogP contribution in [0.3, 0.4) is 0 Å². The maximum Gasteiger partial charge on any atom is 0.343 e. The molecular weight excluding hydrogens is 504 g/mol. The van der Waals surface area contributed by atoms with Crippen LogP contribution in [0.4, 0.5) is 0 Å². The number of rotatable bonds is 10. The molecule has 1 aliphatic heterocycles. The highest BCUT2D eigenvalue weighted by molar-refractivity contribution is 5.79. The quantitative estimate of drug-likeness (QED) is 0.369. The van der Waals surface area contributed by atoms with Gasteiger partial charge in [-0.3, -0.25) is 4.79 Å². The summed E-state index contributed by atoms with van der Waals surface area (Å²) in [5.41, 5.74) is 3.09. The Labute approximate surface area is 226 Å². The number of carbonyl (C=O) groups excluding carboxylic acids is 1. The molecule has 0 spiro atoms. The zero-order valence-electron chi connectivity index (χ0n) is 22.0. The van der Waals surface area contributed by atoms with Crippen molar-refractivity contribution in [2.45, 2.75) is 25.2 Å². The first-order chi connectivity index (χ1) is 18.9. The fraction of sp³-hybridized carbons (Fsp3) is 0.333. The van der Waals surface area contributed by atoms with Crippen LogP contribution in [0.5, 0.6) is 28.7 Å². The van der Waals surface area contributed by atoms with Crippen molar-refractivity contribution >= 4 is 11.9 Å². The molecule has 1 aliphatic carbocycles. The van der Waals surface area contributed by atoms with E-state index in [9.17, 15) is 14.7 Å². The van der Waals surface area contributed by atoms with Gasteiger partial charge in [-0.15, -0.1) is 0 Å². The first kappa shape index (κ1) is 26.2. The minimum atomic E-state index is -0.968. The molecule has 1 heterocycles. The highest BCUT2D eigenvalue weighted by atomic mass is 16.7. The smallest absolute Gasteiger partial charge is 0.343 e. The number of hydrogen-bond donors (Lipinski definition) is 1. The van der Waals surface area contributed by atoms with E-state index in [-0.39, 0.29) is 13.4 Å². The molecule has 0 unspecified atom stereocenters. The van der Waals surface area contributed by atoms with E-state index in [0.717, 1.165) is 23.1 Å². The summed E-state index contributed by atoms with van der Waals surface area (Å²) < 4.78 is 33.0. The fourth-order valence-electron chi connectivity index (χ4n) is 5.35. The maximum absolute atomic E-state index is 13.0. The van der Waals surface area contributed by atoms with E-state index in [1.807, 2.05) is 37.3 Å². The lowest BCUT2D eigenvalue weighted by Crippen LogP contribution is -2.24. The van der Waals surface area contributed by atoms with Crippen LogP contribution in [0.2, 0.25) is 0 Å². The van der Waals surface area contributed by atoms with Gasteiger partial charge in [0.05, 0.1) is 26.7 Å². The largest absolute Gasteiger partial charge is 0.497 e. The number of methoxy groups -OCH3 is 2. The first-order valence-corrected chi connectivity index (χ1v) is 12.7. The van der Waals surface area contributed by atoms with Crippen molar-refractivity contribution in [2.75, 3.05) is 34.2 Å². The van der Waals surface area contributed by atoms with Gasteiger partial charge >= 0.3 is 11.9 Å². The summed E-state index contributed by atoms with van der Waals surface area (Å²) in [5.74, 6) is -0.817. The summed E-state index contributed by atoms with van der Waals surface area (Å²) in [7, 11) is 2.80. The van der Waals surface area contributed by atoms with Gasteiger partial charge in [-0.1, -0.05) is 25.1 Å². The topological polar surface area (TPSA) is 110 Å². The van der Waals surface area contributed by atoms with Crippen LogP contribution in [-0.4, -0.2) is 51.3 Å². The predicted octanol–water partition coefficient (Wildman–Crippen LogP) is 4.74. The zero-order valence-corrected chi connectivity index (χ0v) is 22.0. The summed E-state index contributed by atoms with van der Waals surface area (Å²) in [6, 6.07) is 16.4. The van der Waals surface area contributed by atoms with Crippen LogP contribution in [0.15, 0.2) is 54.6 Å². The molecule has 0 fully saturated rings. The van der Waals surface area contributed by atoms with Gasteiger partial charge in [0.2, 0.25) is 6.79 Å². The molecule has 0 saturated heterocycles. The Morgan fingerprint density at radius 3 is 2.38 bits per heavy atom. The predicted molar refractivity (Wildman–Crippen MR) is 140 cm³/mol. The number of aliphatic carboxylic acids is 1. The van der Waals surface area contributed by atoms with Crippen LogP contribution < -0.4 is 23.7 Å². The van der Waals surface area contributed by atoms with Crippen molar-refractivity contribution in [1.29, 1.82) is 0 Å². The van der Waals surface area contributed by atoms with Crippen molar-refractivity contribution in [3.63, 3.8) is 0 Å². The number of carboxylic acids is 1. The number of hydrogen-bond acceptors (Lipinski definition) is 8. The number of esters is 1. The molecule has 3 aromatic rings. The summed E-state index contributed by atoms with van der Waals surface area (Å²) in [6.45, 7) is 2.34. The monoisotopic (exact) mass is 534 g/mol. The molecule has 2 aliphatic rings. The zero-order chi connectivity index (χ0) is 27.5. The van der Waals surface area contributed by atoms with E-state index in [1.165, 1.54) is 14.2 Å². The van der Waals surface area contributed by atoms with E-state index in [2.05, 4.69) is 0 Å². The van der Waals surface area contributed by atoms with Crippen LogP contribution >= 0.6 is 0 Å². The third-order valence-corrected chi connectivity index (χ3v) is 7.09. The van der Waals surface area contributed by atoms with Crippen LogP contribution in [-0.2, 0) is 14.3 Å². The fourth-order valence-corrected chi connectivity index (χ4v) is 5.35. The Morgan fingerprint density at radius 1 is 0.872 bits per heavy atom. The second kappa shape index (κ2) is 11.1. The standard InChI is InChI=1S/C30H30O9/c1-4-11-36-19-7-8-20-22(13-19)28(21-9-6-18(34-2)14-24(21)37-15-26(31)35-3)29(30(32)33)27(20)17-5-10-23-25(12-17)39-16-38-23/h5-10,12-14,27-29H,4,11,15-16H2,1-3H3,(H,32,33)/t27-,28+,29+/m0/s1. The lowest BCUT2D eigenvalue weighted by molar-refractivity contribution is -0.143. The lowest BCUT2D eigenvalue weighted by atomic mass is 9.79. The molecule has 0 aromatic heterocycles. The van der Waals surface area contributed by atoms with Gasteiger partial charge in [0.25, 0.3) is 0 Å². The Morgan fingerprint density at radius 2 is 1.64 bits per heavy atom. The molecule has 204 valence electrons. The first-order valence-electron chi connectivity index (χ1n) is 12.7. The SMILES string of the molecule is CCCOc1ccc2c(c1)[C@@H](c1ccc(OC)cc1OCC(=O)OC)[C@H](C(=O)O)[C@H]2c1ccc2c(c1)OCO2. The van der Waals surface area contributed by atoms with E-state index in [0.29, 0.717) is 40.9 Å². The average molecular weight is 535 g/mol. The van der Waals surface area contributed by atoms with E-state index in [1.54, 1.807) is 24.3 Å². The number of ether oxygens (including phenoxy) is 6. The highest BCUT2D eigenvalue weighted by Gasteiger charge is 2.48. The van der Waals surface area contributed by atoms with Gasteiger partial charge in [0, 0.05) is 23.5 Å². The normalized spacial score (nSPS) is 18.8. The van der Waals surface area contributed by atoms with Gasteiger partial charge in [-0.05, 0) is 53.4 Å². The number of carbonyl (C=O) groups is 2. The summed E-state index contributed by atoms with van der Waals surface area (Å²) in [6.07, 6.45) is 0.835. The number of carboxylic acid groups (broad SMARTS) is 1. The van der Waals surface area contributed by atoms with Crippen molar-refractivity contribution in [3.05, 3.63) is 76.9 Å². The molecule has 0 saturated carbocycles. The van der Waals surface area contributed by atoms with E-state index in [4.69, 9.17) is 28.4 Å². The van der Waals surface area contributed by atoms with E-state index < -0.39 is 29.7 Å². The molecule has 9 nitrogen and oxygen atoms in total. The van der Waals surface area contributed by atoms with Gasteiger partial charge < -0.3 is 33.5 Å². The summed E-state index contributed by atoms with van der Waals surface area (Å²) in [5, 5.41) is 10.7. The molecule has 9 heteroatoms. The van der Waals surface area contributed by atoms with Crippen molar-refractivity contribution in [3.8, 4) is 28.7 Å². The summed E-state index contributed by atoms with van der Waals surface area (Å²) in [4.78, 5) is 25.0. The number of benzene rings is 3. The number of fused-ring (bicyclic) bond motifs is 2. The minimum absolute atomic E-state index is 0.121. The molecule has 3 aromatic carbocycles. The second-order valence-corrected chi connectivity index (χ2v) is 9.34. The van der Waals surface area contributed by atoms with Gasteiger partial charge in [0.1, 0.15) is 17.2 Å². The third-order valence-electron chi connectivity index (χ3n) is 7.09. The van der Waals surface area contributed by atoms with Crippen molar-refractivity contribution < 1.29 is 43.1 Å². The van der Waals surface area contributed by atoms with E-state index >= 15 is 0 Å². The molecule has 1 N–H and O–H groups in total. The van der Waals surface area contributed by atoms with Crippen LogP contribution in [0.1, 0.15) is 47.4 Å². The Kier molecular flexibility index (Phi) is 7.49. The van der Waals surface area contributed by atoms with Gasteiger partial charge in [-0.2, -0.15) is 0 Å². The average Bonchev–Trinajstić information content (AvgIpc) is 3.56.